The summed E-state index contributed by atoms with van der Waals surface area (Å²) >= 11 is 0. The van der Waals surface area contributed by atoms with Crippen molar-refractivity contribution in [2.75, 3.05) is 33.8 Å². The van der Waals surface area contributed by atoms with Gasteiger partial charge in [-0.05, 0) is 44.6 Å². The first kappa shape index (κ1) is 14.5. The SMILES string of the molecule is CCNC(CC1OCCc2ccccc21)CN(C)C. The normalized spacial score (nSPS) is 20.3. The zero-order chi connectivity index (χ0) is 13.7. The molecule has 2 unspecified atom stereocenters. The molecule has 1 aliphatic heterocycles. The Bertz CT molecular complexity index is 392. The van der Waals surface area contributed by atoms with E-state index in [1.807, 2.05) is 0 Å². The third-order valence-electron chi connectivity index (χ3n) is 3.67. The zero-order valence-electron chi connectivity index (χ0n) is 12.4. The second-order valence-corrected chi connectivity index (χ2v) is 5.56. The van der Waals surface area contributed by atoms with Crippen LogP contribution in [-0.4, -0.2) is 44.7 Å². The van der Waals surface area contributed by atoms with Crippen molar-refractivity contribution in [3.63, 3.8) is 0 Å². The molecular formula is C16H26N2O. The van der Waals surface area contributed by atoms with Crippen LogP contribution in [0.25, 0.3) is 0 Å². The second kappa shape index (κ2) is 7.04. The highest BCUT2D eigenvalue weighted by Crippen LogP contribution is 2.30. The highest BCUT2D eigenvalue weighted by atomic mass is 16.5. The average Bonchev–Trinajstić information content (AvgIpc) is 2.39. The molecule has 106 valence electrons. The number of rotatable bonds is 6. The van der Waals surface area contributed by atoms with Crippen molar-refractivity contribution in [3.05, 3.63) is 35.4 Å². The summed E-state index contributed by atoms with van der Waals surface area (Å²) in [5.41, 5.74) is 2.84. The first-order chi connectivity index (χ1) is 9.20. The van der Waals surface area contributed by atoms with Gasteiger partial charge in [-0.25, -0.2) is 0 Å². The van der Waals surface area contributed by atoms with Gasteiger partial charge in [-0.15, -0.1) is 0 Å². The predicted molar refractivity (Wildman–Crippen MR) is 79.5 cm³/mol. The molecule has 0 saturated heterocycles. The molecule has 3 nitrogen and oxygen atoms in total. The number of ether oxygens (including phenoxy) is 1. The molecule has 1 aliphatic rings. The summed E-state index contributed by atoms with van der Waals surface area (Å²) in [5.74, 6) is 0. The molecule has 0 spiro atoms. The number of nitrogens with one attached hydrogen (secondary N) is 1. The quantitative estimate of drug-likeness (QED) is 0.851. The fourth-order valence-corrected chi connectivity index (χ4v) is 2.88. The molecule has 1 aromatic carbocycles. The van der Waals surface area contributed by atoms with Crippen LogP contribution in [0, 0.1) is 0 Å². The smallest absolute Gasteiger partial charge is 0.0843 e. The van der Waals surface area contributed by atoms with Gasteiger partial charge in [0.05, 0.1) is 12.7 Å². The minimum atomic E-state index is 0.244. The van der Waals surface area contributed by atoms with E-state index >= 15 is 0 Å². The average molecular weight is 262 g/mol. The predicted octanol–water partition coefficient (Wildman–Crippen LogP) is 2.23. The molecule has 0 aromatic heterocycles. The van der Waals surface area contributed by atoms with E-state index in [-0.39, 0.29) is 6.10 Å². The lowest BCUT2D eigenvalue weighted by atomic mass is 9.93. The molecule has 0 radical (unpaired) electrons. The van der Waals surface area contributed by atoms with Crippen molar-refractivity contribution in [2.45, 2.75) is 31.9 Å². The highest BCUT2D eigenvalue weighted by Gasteiger charge is 2.23. The molecule has 1 N–H and O–H groups in total. The van der Waals surface area contributed by atoms with Crippen molar-refractivity contribution >= 4 is 0 Å². The van der Waals surface area contributed by atoms with E-state index in [4.69, 9.17) is 4.74 Å². The Kier molecular flexibility index (Phi) is 5.37. The van der Waals surface area contributed by atoms with Gasteiger partial charge in [-0.1, -0.05) is 31.2 Å². The summed E-state index contributed by atoms with van der Waals surface area (Å²) in [7, 11) is 4.25. The van der Waals surface area contributed by atoms with E-state index in [1.165, 1.54) is 11.1 Å². The first-order valence-corrected chi connectivity index (χ1v) is 7.28. The van der Waals surface area contributed by atoms with Crippen LogP contribution < -0.4 is 5.32 Å². The summed E-state index contributed by atoms with van der Waals surface area (Å²) in [6.45, 7) is 5.07. The molecule has 2 atom stereocenters. The first-order valence-electron chi connectivity index (χ1n) is 7.28. The van der Waals surface area contributed by atoms with Gasteiger partial charge in [0.2, 0.25) is 0 Å². The van der Waals surface area contributed by atoms with Crippen LogP contribution in [0.15, 0.2) is 24.3 Å². The van der Waals surface area contributed by atoms with Gasteiger partial charge in [0, 0.05) is 12.6 Å². The molecule has 1 aromatic rings. The van der Waals surface area contributed by atoms with E-state index in [0.717, 1.165) is 32.5 Å². The molecule has 2 rings (SSSR count). The molecular weight excluding hydrogens is 236 g/mol. The Hall–Kier alpha value is -0.900. The largest absolute Gasteiger partial charge is 0.373 e. The van der Waals surface area contributed by atoms with E-state index in [0.29, 0.717) is 6.04 Å². The number of hydrogen-bond donors (Lipinski definition) is 1. The maximum absolute atomic E-state index is 6.00. The van der Waals surface area contributed by atoms with E-state index in [2.05, 4.69) is 55.5 Å². The number of benzene rings is 1. The van der Waals surface area contributed by atoms with E-state index in [1.54, 1.807) is 0 Å². The Balaban J connectivity index is 2.05. The van der Waals surface area contributed by atoms with Crippen molar-refractivity contribution in [1.29, 1.82) is 0 Å². The lowest BCUT2D eigenvalue weighted by molar-refractivity contribution is 0.0277. The standard InChI is InChI=1S/C16H26N2O/c1-4-17-14(12-18(2)3)11-16-15-8-6-5-7-13(15)9-10-19-16/h5-8,14,16-17H,4,9-12H2,1-3H3. The Morgan fingerprint density at radius 1 is 1.37 bits per heavy atom. The van der Waals surface area contributed by atoms with Crippen molar-refractivity contribution in [1.82, 2.24) is 10.2 Å². The minimum absolute atomic E-state index is 0.244. The third-order valence-corrected chi connectivity index (χ3v) is 3.67. The number of hydrogen-bond acceptors (Lipinski definition) is 3. The van der Waals surface area contributed by atoms with Crippen LogP contribution in [0.2, 0.25) is 0 Å². The Labute approximate surface area is 116 Å². The summed E-state index contributed by atoms with van der Waals surface area (Å²) in [6.07, 6.45) is 2.34. The highest BCUT2D eigenvalue weighted by molar-refractivity contribution is 5.31. The fourth-order valence-electron chi connectivity index (χ4n) is 2.88. The fraction of sp³-hybridized carbons (Fsp3) is 0.625. The molecule has 0 fully saturated rings. The van der Waals surface area contributed by atoms with E-state index in [9.17, 15) is 0 Å². The summed E-state index contributed by atoms with van der Waals surface area (Å²) in [4.78, 5) is 2.24. The van der Waals surface area contributed by atoms with Crippen molar-refractivity contribution in [2.24, 2.45) is 0 Å². The van der Waals surface area contributed by atoms with Gasteiger partial charge in [0.25, 0.3) is 0 Å². The maximum Gasteiger partial charge on any atom is 0.0843 e. The van der Waals surface area contributed by atoms with Crippen molar-refractivity contribution in [3.8, 4) is 0 Å². The molecule has 0 saturated carbocycles. The lowest BCUT2D eigenvalue weighted by Gasteiger charge is -2.30. The zero-order valence-corrected chi connectivity index (χ0v) is 12.4. The molecule has 0 amide bonds. The van der Waals surface area contributed by atoms with Crippen LogP contribution in [0.5, 0.6) is 0 Å². The van der Waals surface area contributed by atoms with Crippen LogP contribution in [0.1, 0.15) is 30.6 Å². The molecule has 19 heavy (non-hydrogen) atoms. The van der Waals surface area contributed by atoms with Gasteiger partial charge in [0.1, 0.15) is 0 Å². The van der Waals surface area contributed by atoms with Crippen LogP contribution in [0.3, 0.4) is 0 Å². The second-order valence-electron chi connectivity index (χ2n) is 5.56. The Morgan fingerprint density at radius 3 is 2.89 bits per heavy atom. The summed E-state index contributed by atoms with van der Waals surface area (Å²) in [6, 6.07) is 9.19. The summed E-state index contributed by atoms with van der Waals surface area (Å²) in [5, 5.41) is 3.57. The summed E-state index contributed by atoms with van der Waals surface area (Å²) < 4.78 is 6.00. The van der Waals surface area contributed by atoms with Crippen molar-refractivity contribution < 1.29 is 4.74 Å². The Morgan fingerprint density at radius 2 is 2.16 bits per heavy atom. The maximum atomic E-state index is 6.00. The molecule has 3 heteroatoms. The molecule has 0 aliphatic carbocycles. The third kappa shape index (κ3) is 4.03. The topological polar surface area (TPSA) is 24.5 Å². The minimum Gasteiger partial charge on any atom is -0.373 e. The van der Waals surface area contributed by atoms with Gasteiger partial charge in [-0.3, -0.25) is 0 Å². The number of likely N-dealkylation sites (N-methyl/N-ethyl adjacent to an activating group) is 2. The van der Waals surface area contributed by atoms with Crippen LogP contribution in [0.4, 0.5) is 0 Å². The van der Waals surface area contributed by atoms with Crippen LogP contribution >= 0.6 is 0 Å². The van der Waals surface area contributed by atoms with Gasteiger partial charge in [0.15, 0.2) is 0 Å². The number of nitrogens with zero attached hydrogens (tertiary/aromatic N) is 1. The van der Waals surface area contributed by atoms with Crippen LogP contribution in [-0.2, 0) is 11.2 Å². The number of fused-ring (bicyclic) bond motifs is 1. The molecule has 1 heterocycles. The van der Waals surface area contributed by atoms with Gasteiger partial charge >= 0.3 is 0 Å². The van der Waals surface area contributed by atoms with Gasteiger partial charge in [-0.2, -0.15) is 0 Å². The van der Waals surface area contributed by atoms with Gasteiger partial charge < -0.3 is 15.0 Å². The monoisotopic (exact) mass is 262 g/mol. The lowest BCUT2D eigenvalue weighted by Crippen LogP contribution is -2.40. The molecule has 0 bridgehead atoms. The van der Waals surface area contributed by atoms with E-state index < -0.39 is 0 Å².